The van der Waals surface area contributed by atoms with Gasteiger partial charge in [0.15, 0.2) is 0 Å². The largest absolute Gasteiger partial charge is 0.496 e. The number of nitrogens with one attached hydrogen (secondary N) is 1. The predicted molar refractivity (Wildman–Crippen MR) is 81.3 cm³/mol. The Bertz CT molecular complexity index is 450. The van der Waals surface area contributed by atoms with Gasteiger partial charge in [-0.25, -0.2) is 0 Å². The van der Waals surface area contributed by atoms with Crippen molar-refractivity contribution in [1.82, 2.24) is 5.32 Å². The third-order valence-electron chi connectivity index (χ3n) is 3.92. The molecule has 0 heterocycles. The van der Waals surface area contributed by atoms with Crippen molar-refractivity contribution in [3.05, 3.63) is 29.8 Å². The molecule has 3 nitrogen and oxygen atoms in total. The van der Waals surface area contributed by atoms with Gasteiger partial charge in [-0.3, -0.25) is 4.79 Å². The van der Waals surface area contributed by atoms with Crippen molar-refractivity contribution in [3.8, 4) is 5.75 Å². The van der Waals surface area contributed by atoms with E-state index in [0.717, 1.165) is 24.2 Å². The van der Waals surface area contributed by atoms with Crippen LogP contribution in [-0.4, -0.2) is 24.9 Å². The lowest BCUT2D eigenvalue weighted by Gasteiger charge is -2.27. The summed E-state index contributed by atoms with van der Waals surface area (Å²) in [4.78, 5) is 12.0. The van der Waals surface area contributed by atoms with Crippen molar-refractivity contribution in [3.63, 3.8) is 0 Å². The second-order valence-corrected chi connectivity index (χ2v) is 5.91. The molecule has 0 saturated heterocycles. The van der Waals surface area contributed by atoms with E-state index >= 15 is 0 Å². The number of ether oxygens (including phenoxy) is 1. The summed E-state index contributed by atoms with van der Waals surface area (Å²) in [6.45, 7) is 0.683. The van der Waals surface area contributed by atoms with Gasteiger partial charge < -0.3 is 10.1 Å². The first-order valence-electron chi connectivity index (χ1n) is 7.23. The van der Waals surface area contributed by atoms with Gasteiger partial charge in [-0.2, -0.15) is 0 Å². The van der Waals surface area contributed by atoms with Crippen LogP contribution in [0.1, 0.15) is 31.2 Å². The minimum absolute atomic E-state index is 0.0314. The highest BCUT2D eigenvalue weighted by Crippen LogP contribution is 2.28. The normalized spacial score (nSPS) is 22.3. The van der Waals surface area contributed by atoms with Crippen LogP contribution in [0.2, 0.25) is 0 Å². The molecule has 2 rings (SSSR count). The zero-order valence-electron chi connectivity index (χ0n) is 11.9. The summed E-state index contributed by atoms with van der Waals surface area (Å²) in [5.74, 6) is 1.20. The minimum Gasteiger partial charge on any atom is -0.496 e. The van der Waals surface area contributed by atoms with Crippen LogP contribution in [0.3, 0.4) is 0 Å². The number of carbonyl (C=O) groups is 1. The Morgan fingerprint density at radius 2 is 2.10 bits per heavy atom. The van der Waals surface area contributed by atoms with Crippen molar-refractivity contribution in [1.29, 1.82) is 0 Å². The first-order valence-corrected chi connectivity index (χ1v) is 7.67. The maximum absolute atomic E-state index is 12.0. The third kappa shape index (κ3) is 4.14. The molecule has 4 heteroatoms. The topological polar surface area (TPSA) is 38.3 Å². The highest BCUT2D eigenvalue weighted by molar-refractivity contribution is 6.20. The lowest BCUT2D eigenvalue weighted by atomic mass is 9.88. The van der Waals surface area contributed by atoms with Gasteiger partial charge >= 0.3 is 0 Å². The monoisotopic (exact) mass is 295 g/mol. The number of carbonyl (C=O) groups excluding carboxylic acids is 1. The summed E-state index contributed by atoms with van der Waals surface area (Å²) >= 11 is 6.30. The molecular weight excluding hydrogens is 274 g/mol. The van der Waals surface area contributed by atoms with E-state index in [1.54, 1.807) is 7.11 Å². The van der Waals surface area contributed by atoms with Gasteiger partial charge in [0.1, 0.15) is 5.75 Å². The summed E-state index contributed by atoms with van der Waals surface area (Å²) in [6.07, 6.45) is 4.96. The number of alkyl halides is 1. The van der Waals surface area contributed by atoms with E-state index in [1.165, 1.54) is 12.8 Å². The van der Waals surface area contributed by atoms with Gasteiger partial charge in [0.05, 0.1) is 13.5 Å². The van der Waals surface area contributed by atoms with Crippen LogP contribution < -0.4 is 10.1 Å². The number of hydrogen-bond donors (Lipinski definition) is 1. The first-order chi connectivity index (χ1) is 9.70. The van der Waals surface area contributed by atoms with E-state index in [2.05, 4.69) is 5.32 Å². The van der Waals surface area contributed by atoms with Gasteiger partial charge in [0.25, 0.3) is 0 Å². The molecule has 20 heavy (non-hydrogen) atoms. The second-order valence-electron chi connectivity index (χ2n) is 5.35. The fourth-order valence-electron chi connectivity index (χ4n) is 2.72. The summed E-state index contributed by atoms with van der Waals surface area (Å²) in [6, 6.07) is 7.61. The van der Waals surface area contributed by atoms with E-state index in [-0.39, 0.29) is 11.3 Å². The average molecular weight is 296 g/mol. The number of para-hydroxylation sites is 1. The number of benzene rings is 1. The van der Waals surface area contributed by atoms with Crippen LogP contribution >= 0.6 is 11.6 Å². The van der Waals surface area contributed by atoms with Crippen molar-refractivity contribution >= 4 is 17.5 Å². The van der Waals surface area contributed by atoms with Gasteiger partial charge in [0.2, 0.25) is 5.91 Å². The second kappa shape index (κ2) is 7.53. The van der Waals surface area contributed by atoms with Crippen LogP contribution in [0, 0.1) is 5.92 Å². The number of methoxy groups -OCH3 is 1. The number of rotatable bonds is 5. The number of amides is 1. The zero-order chi connectivity index (χ0) is 14.4. The van der Waals surface area contributed by atoms with Crippen LogP contribution in [0.25, 0.3) is 0 Å². The molecular formula is C16H22ClNO2. The average Bonchev–Trinajstić information content (AvgIpc) is 2.47. The fraction of sp³-hybridized carbons (Fsp3) is 0.562. The van der Waals surface area contributed by atoms with E-state index in [4.69, 9.17) is 16.3 Å². The van der Waals surface area contributed by atoms with Crippen LogP contribution in [-0.2, 0) is 11.2 Å². The summed E-state index contributed by atoms with van der Waals surface area (Å²) in [5, 5.41) is 3.21. The maximum Gasteiger partial charge on any atom is 0.224 e. The van der Waals surface area contributed by atoms with Gasteiger partial charge in [0, 0.05) is 17.5 Å². The van der Waals surface area contributed by atoms with Crippen molar-refractivity contribution in [2.45, 2.75) is 37.5 Å². The summed E-state index contributed by atoms with van der Waals surface area (Å²) in [5.41, 5.74) is 0.915. The Morgan fingerprint density at radius 1 is 1.35 bits per heavy atom. The molecule has 0 radical (unpaired) electrons. The standard InChI is InChI=1S/C16H22ClNO2/c1-20-15-9-5-3-6-12(15)10-16(19)18-11-13-7-2-4-8-14(13)17/h3,5-6,9,13-14H,2,4,7-8,10-11H2,1H3,(H,18,19). The highest BCUT2D eigenvalue weighted by atomic mass is 35.5. The van der Waals surface area contributed by atoms with Crippen LogP contribution in [0.4, 0.5) is 0 Å². The van der Waals surface area contributed by atoms with E-state index in [9.17, 15) is 4.79 Å². The smallest absolute Gasteiger partial charge is 0.224 e. The number of halogens is 1. The molecule has 1 aromatic carbocycles. The molecule has 0 spiro atoms. The molecule has 1 amide bonds. The van der Waals surface area contributed by atoms with Gasteiger partial charge in [-0.15, -0.1) is 11.6 Å². The predicted octanol–water partition coefficient (Wildman–Crippen LogP) is 3.15. The summed E-state index contributed by atoms with van der Waals surface area (Å²) in [7, 11) is 1.62. The molecule has 0 aliphatic heterocycles. The van der Waals surface area contributed by atoms with Crippen LogP contribution in [0.5, 0.6) is 5.75 Å². The Morgan fingerprint density at radius 3 is 2.85 bits per heavy atom. The molecule has 110 valence electrons. The molecule has 0 aromatic heterocycles. The SMILES string of the molecule is COc1ccccc1CC(=O)NCC1CCCCC1Cl. The Balaban J connectivity index is 1.83. The van der Waals surface area contributed by atoms with Gasteiger partial charge in [-0.1, -0.05) is 31.0 Å². The molecule has 1 N–H and O–H groups in total. The Hall–Kier alpha value is -1.22. The quantitative estimate of drug-likeness (QED) is 0.848. The minimum atomic E-state index is 0.0314. The van der Waals surface area contributed by atoms with Crippen LogP contribution in [0.15, 0.2) is 24.3 Å². The van der Waals surface area contributed by atoms with Crippen molar-refractivity contribution in [2.75, 3.05) is 13.7 Å². The molecule has 1 aromatic rings. The van der Waals surface area contributed by atoms with Crippen molar-refractivity contribution < 1.29 is 9.53 Å². The molecule has 1 aliphatic carbocycles. The number of hydrogen-bond acceptors (Lipinski definition) is 2. The molecule has 2 atom stereocenters. The Labute approximate surface area is 125 Å². The molecule has 1 aliphatic rings. The zero-order valence-corrected chi connectivity index (χ0v) is 12.7. The fourth-order valence-corrected chi connectivity index (χ4v) is 3.09. The first kappa shape index (κ1) is 15.2. The van der Waals surface area contributed by atoms with Crippen molar-refractivity contribution in [2.24, 2.45) is 5.92 Å². The maximum atomic E-state index is 12.0. The lowest BCUT2D eigenvalue weighted by molar-refractivity contribution is -0.120. The molecule has 1 fully saturated rings. The van der Waals surface area contributed by atoms with Gasteiger partial charge in [-0.05, 0) is 24.8 Å². The molecule has 1 saturated carbocycles. The third-order valence-corrected chi connectivity index (χ3v) is 4.50. The molecule has 0 bridgehead atoms. The highest BCUT2D eigenvalue weighted by Gasteiger charge is 2.23. The van der Waals surface area contributed by atoms with E-state index in [1.807, 2.05) is 24.3 Å². The van der Waals surface area contributed by atoms with E-state index in [0.29, 0.717) is 18.9 Å². The van der Waals surface area contributed by atoms with E-state index < -0.39 is 0 Å². The summed E-state index contributed by atoms with van der Waals surface area (Å²) < 4.78 is 5.26. The lowest BCUT2D eigenvalue weighted by Crippen LogP contribution is -2.35. The molecule has 2 unspecified atom stereocenters. The Kier molecular flexibility index (Phi) is 5.72.